The Morgan fingerprint density at radius 1 is 0.349 bits per heavy atom. The zero-order valence-electron chi connectivity index (χ0n) is 22.7. The molecule has 0 aromatic rings. The monoisotopic (exact) mass is 615 g/mol. The molecule has 11 amide bonds. The molecule has 0 radical (unpaired) electrons. The molecule has 0 rings (SSSR count). The van der Waals surface area contributed by atoms with Crippen LogP contribution >= 0.6 is 0 Å². The van der Waals surface area contributed by atoms with Gasteiger partial charge < -0.3 is 58.9 Å². The smallest absolute Gasteiger partial charge is 0.239 e. The molecule has 238 valence electrons. The molecule has 0 atom stereocenters. The van der Waals surface area contributed by atoms with Gasteiger partial charge in [0.2, 0.25) is 65.5 Å². The van der Waals surface area contributed by atoms with Crippen LogP contribution in [0.25, 0.3) is 0 Å². The number of hydrogen-bond acceptors (Lipinski definition) is 11. The largest absolute Gasteiger partial charge is 0.368 e. The molecule has 0 saturated carbocycles. The number of primary amides is 1. The van der Waals surface area contributed by atoms with Gasteiger partial charge in [0.15, 0.2) is 0 Å². The van der Waals surface area contributed by atoms with E-state index in [1.165, 1.54) is 0 Å². The number of carbonyl (C=O) groups is 11. The van der Waals surface area contributed by atoms with E-state index in [4.69, 9.17) is 5.73 Å². The minimum Gasteiger partial charge on any atom is -0.368 e. The second-order valence-electron chi connectivity index (χ2n) is 7.96. The standard InChI is InChI=1S/C21H33N11O11/c22-12(34)1-24-14(36)3-26-16(38)5-28-18(40)7-30-20(42)9-32-21(43)10-31-19(41)8-29-17(39)6-27-15(37)4-25-13(35)2-23-11-33/h11H,1-10H2,(H2,22,34)(H,23,33)(H,24,36)(H,25,35)(H,26,38)(H,27,37)(H,28,40)(H,29,39)(H,30,42)(H,31,41)(H,32,43). The van der Waals surface area contributed by atoms with Gasteiger partial charge in [-0.1, -0.05) is 0 Å². The van der Waals surface area contributed by atoms with Crippen LogP contribution in [0, 0.1) is 0 Å². The van der Waals surface area contributed by atoms with Crippen molar-refractivity contribution in [3.8, 4) is 0 Å². The van der Waals surface area contributed by atoms with E-state index in [1.54, 1.807) is 0 Å². The molecule has 0 aliphatic carbocycles. The number of hydrogen-bond donors (Lipinski definition) is 11. The molecule has 0 heterocycles. The van der Waals surface area contributed by atoms with Crippen LogP contribution in [-0.4, -0.2) is 131 Å². The SMILES string of the molecule is NC(=O)CNC(=O)CNC(=O)CNC(=O)CNC(=O)CNC(=O)CNC(=O)CNC(=O)CNC(=O)CNC(=O)CNC=O. The molecule has 12 N–H and O–H groups in total. The Hall–Kier alpha value is -5.83. The third kappa shape index (κ3) is 22.7. The molecule has 0 bridgehead atoms. The highest BCUT2D eigenvalue weighted by atomic mass is 16.2. The summed E-state index contributed by atoms with van der Waals surface area (Å²) in [5, 5.41) is 21.6. The van der Waals surface area contributed by atoms with Gasteiger partial charge in [-0.25, -0.2) is 0 Å². The van der Waals surface area contributed by atoms with E-state index in [2.05, 4.69) is 53.2 Å². The average molecular weight is 616 g/mol. The Labute approximate surface area is 243 Å². The summed E-state index contributed by atoms with van der Waals surface area (Å²) in [4.78, 5) is 125. The predicted octanol–water partition coefficient (Wildman–Crippen LogP) is -9.74. The van der Waals surface area contributed by atoms with Gasteiger partial charge >= 0.3 is 0 Å². The summed E-state index contributed by atoms with van der Waals surface area (Å²) >= 11 is 0. The van der Waals surface area contributed by atoms with Gasteiger partial charge in [0.1, 0.15) is 0 Å². The molecule has 0 fully saturated rings. The van der Waals surface area contributed by atoms with E-state index >= 15 is 0 Å². The molecule has 0 unspecified atom stereocenters. The Balaban J connectivity index is 3.96. The normalized spacial score (nSPS) is 9.58. The summed E-state index contributed by atoms with van der Waals surface area (Å²) in [5.74, 6) is -7.29. The van der Waals surface area contributed by atoms with E-state index in [0.29, 0.717) is 6.41 Å². The van der Waals surface area contributed by atoms with E-state index in [-0.39, 0.29) is 6.54 Å². The molecule has 0 spiro atoms. The van der Waals surface area contributed by atoms with Crippen molar-refractivity contribution in [3.63, 3.8) is 0 Å². The van der Waals surface area contributed by atoms with Crippen molar-refractivity contribution < 1.29 is 52.7 Å². The van der Waals surface area contributed by atoms with Crippen LogP contribution in [0.5, 0.6) is 0 Å². The molecule has 0 aromatic carbocycles. The molecule has 43 heavy (non-hydrogen) atoms. The van der Waals surface area contributed by atoms with Crippen LogP contribution in [-0.2, 0) is 52.7 Å². The highest BCUT2D eigenvalue weighted by molar-refractivity contribution is 5.93. The Morgan fingerprint density at radius 2 is 0.535 bits per heavy atom. The van der Waals surface area contributed by atoms with Crippen LogP contribution in [0.1, 0.15) is 0 Å². The van der Waals surface area contributed by atoms with Crippen molar-refractivity contribution in [1.29, 1.82) is 0 Å². The van der Waals surface area contributed by atoms with Gasteiger partial charge in [-0.2, -0.15) is 0 Å². The third-order valence-electron chi connectivity index (χ3n) is 4.37. The van der Waals surface area contributed by atoms with Gasteiger partial charge in [-0.15, -0.1) is 0 Å². The van der Waals surface area contributed by atoms with Gasteiger partial charge in [0.25, 0.3) is 0 Å². The van der Waals surface area contributed by atoms with Crippen LogP contribution in [0.15, 0.2) is 0 Å². The second-order valence-corrected chi connectivity index (χ2v) is 7.96. The fraction of sp³-hybridized carbons (Fsp3) is 0.476. The van der Waals surface area contributed by atoms with Crippen molar-refractivity contribution in [3.05, 3.63) is 0 Å². The predicted molar refractivity (Wildman–Crippen MR) is 140 cm³/mol. The van der Waals surface area contributed by atoms with Gasteiger partial charge in [-0.05, 0) is 0 Å². The summed E-state index contributed by atoms with van der Waals surface area (Å²) in [5.41, 5.74) is 4.85. The fourth-order valence-electron chi connectivity index (χ4n) is 2.31. The lowest BCUT2D eigenvalue weighted by atomic mass is 10.4. The average Bonchev–Trinajstić information content (AvgIpc) is 2.97. The molecule has 0 aromatic heterocycles. The number of nitrogens with one attached hydrogen (secondary N) is 10. The Bertz CT molecular complexity index is 1080. The summed E-state index contributed by atoms with van der Waals surface area (Å²) < 4.78 is 0. The maximum Gasteiger partial charge on any atom is 0.239 e. The first-order chi connectivity index (χ1) is 20.3. The molecular weight excluding hydrogens is 582 g/mol. The molecule has 22 nitrogen and oxygen atoms in total. The fourth-order valence-corrected chi connectivity index (χ4v) is 2.31. The zero-order valence-corrected chi connectivity index (χ0v) is 22.7. The summed E-state index contributed by atoms with van der Waals surface area (Å²) in [7, 11) is 0. The first-order valence-corrected chi connectivity index (χ1v) is 12.2. The maximum atomic E-state index is 11.8. The van der Waals surface area contributed by atoms with E-state index in [1.807, 2.05) is 0 Å². The summed E-state index contributed by atoms with van der Waals surface area (Å²) in [6.07, 6.45) is 0.304. The van der Waals surface area contributed by atoms with Gasteiger partial charge in [0, 0.05) is 0 Å². The van der Waals surface area contributed by atoms with Crippen molar-refractivity contribution in [2.45, 2.75) is 0 Å². The van der Waals surface area contributed by atoms with Crippen LogP contribution in [0.3, 0.4) is 0 Å². The Morgan fingerprint density at radius 3 is 0.721 bits per heavy atom. The molecule has 0 saturated heterocycles. The number of amides is 11. The van der Waals surface area contributed by atoms with Gasteiger partial charge in [0.05, 0.1) is 65.4 Å². The maximum absolute atomic E-state index is 11.8. The third-order valence-corrected chi connectivity index (χ3v) is 4.37. The van der Waals surface area contributed by atoms with Crippen molar-refractivity contribution >= 4 is 65.5 Å². The quantitative estimate of drug-likeness (QED) is 0.0538. The lowest BCUT2D eigenvalue weighted by Gasteiger charge is -2.10. The van der Waals surface area contributed by atoms with Crippen LogP contribution in [0.4, 0.5) is 0 Å². The highest BCUT2D eigenvalue weighted by Crippen LogP contribution is 1.74. The topological polar surface area (TPSA) is 334 Å². The molecule has 0 aliphatic rings. The summed E-state index contributed by atoms with van der Waals surface area (Å²) in [6.45, 7) is -4.82. The second kappa shape index (κ2) is 21.9. The first-order valence-electron chi connectivity index (χ1n) is 12.2. The number of rotatable bonds is 21. The van der Waals surface area contributed by atoms with Crippen LogP contribution in [0.2, 0.25) is 0 Å². The number of carbonyl (C=O) groups excluding carboxylic acids is 11. The minimum atomic E-state index is -0.770. The van der Waals surface area contributed by atoms with Gasteiger partial charge in [-0.3, -0.25) is 52.7 Å². The molecule has 0 aliphatic heterocycles. The lowest BCUT2D eigenvalue weighted by molar-refractivity contribution is -0.130. The number of nitrogens with two attached hydrogens (primary N) is 1. The van der Waals surface area contributed by atoms with Crippen LogP contribution < -0.4 is 58.9 Å². The van der Waals surface area contributed by atoms with E-state index in [9.17, 15) is 52.7 Å². The van der Waals surface area contributed by atoms with Crippen molar-refractivity contribution in [2.24, 2.45) is 5.73 Å². The first kappa shape index (κ1) is 37.2. The zero-order chi connectivity index (χ0) is 32.6. The molecular formula is C21H33N11O11. The lowest BCUT2D eigenvalue weighted by Crippen LogP contribution is -2.47. The van der Waals surface area contributed by atoms with E-state index in [0.717, 1.165) is 0 Å². The van der Waals surface area contributed by atoms with Crippen molar-refractivity contribution in [2.75, 3.05) is 65.4 Å². The van der Waals surface area contributed by atoms with Crippen molar-refractivity contribution in [1.82, 2.24) is 53.2 Å². The summed E-state index contributed by atoms with van der Waals surface area (Å²) in [6, 6.07) is 0. The highest BCUT2D eigenvalue weighted by Gasteiger charge is 2.12. The minimum absolute atomic E-state index is 0.304. The molecule has 22 heteroatoms. The Kier molecular flexibility index (Phi) is 19.0. The van der Waals surface area contributed by atoms with E-state index < -0.39 is 118 Å².